The Hall–Kier alpha value is -4.94. The van der Waals surface area contributed by atoms with Gasteiger partial charge in [-0.15, -0.1) is 0 Å². The van der Waals surface area contributed by atoms with Gasteiger partial charge in [-0.05, 0) is 55.0 Å². The van der Waals surface area contributed by atoms with Crippen molar-refractivity contribution in [1.82, 2.24) is 4.57 Å². The maximum absolute atomic E-state index is 13.9. The molecule has 0 aliphatic carbocycles. The average molecular weight is 605 g/mol. The van der Waals surface area contributed by atoms with Crippen LogP contribution < -0.4 is 29.1 Å². The number of rotatable bonds is 10. The van der Waals surface area contributed by atoms with Crippen LogP contribution in [0, 0.1) is 0 Å². The van der Waals surface area contributed by atoms with Gasteiger partial charge in [0.1, 0.15) is 23.9 Å². The Bertz CT molecular complexity index is 1850. The highest BCUT2D eigenvalue weighted by Crippen LogP contribution is 2.32. The number of ether oxygens (including phenoxy) is 5. The van der Waals surface area contributed by atoms with Crippen molar-refractivity contribution < 1.29 is 37.7 Å². The standard InChI is InChI=1S/C31H28N2O9S/c1-18-26(30(36)41-15-14-37-2)27(19-7-10-21(11-8-19)42-29(35)23-6-5-13-40-23)33-28(34)25(43-31(33)32-18)16-20-9-12-22(38-3)17-24(20)39-4/h5-13,16-17,27H,14-15H2,1-4H3. The van der Waals surface area contributed by atoms with Crippen LogP contribution in [0.25, 0.3) is 6.08 Å². The van der Waals surface area contributed by atoms with Crippen LogP contribution in [0.15, 0.2) is 86.3 Å². The average Bonchev–Trinajstić information content (AvgIpc) is 3.66. The van der Waals surface area contributed by atoms with E-state index in [2.05, 4.69) is 4.99 Å². The largest absolute Gasteiger partial charge is 0.497 e. The molecule has 3 heterocycles. The van der Waals surface area contributed by atoms with Gasteiger partial charge in [0.05, 0.1) is 48.9 Å². The number of esters is 2. The summed E-state index contributed by atoms with van der Waals surface area (Å²) in [7, 11) is 4.60. The lowest BCUT2D eigenvalue weighted by molar-refractivity contribution is -0.140. The molecule has 0 spiro atoms. The zero-order valence-electron chi connectivity index (χ0n) is 23.8. The minimum Gasteiger partial charge on any atom is -0.497 e. The summed E-state index contributed by atoms with van der Waals surface area (Å²) in [5.74, 6) is 0.181. The summed E-state index contributed by atoms with van der Waals surface area (Å²) in [6.07, 6.45) is 3.09. The van der Waals surface area contributed by atoms with Gasteiger partial charge in [0.15, 0.2) is 4.80 Å². The maximum atomic E-state index is 13.9. The van der Waals surface area contributed by atoms with Crippen LogP contribution in [0.2, 0.25) is 0 Å². The Labute approximate surface area is 249 Å². The molecule has 222 valence electrons. The van der Waals surface area contributed by atoms with Crippen LogP contribution in [0.5, 0.6) is 17.2 Å². The second-order valence-corrected chi connectivity index (χ2v) is 10.3. The van der Waals surface area contributed by atoms with Crippen molar-refractivity contribution in [3.8, 4) is 17.2 Å². The van der Waals surface area contributed by atoms with Crippen molar-refractivity contribution in [2.24, 2.45) is 4.99 Å². The number of hydrogen-bond acceptors (Lipinski definition) is 11. The number of carbonyl (C=O) groups excluding carboxylic acids is 2. The zero-order valence-corrected chi connectivity index (χ0v) is 24.6. The minimum atomic E-state index is -0.860. The third kappa shape index (κ3) is 6.15. The van der Waals surface area contributed by atoms with Crippen LogP contribution >= 0.6 is 11.3 Å². The number of carbonyl (C=O) groups is 2. The summed E-state index contributed by atoms with van der Waals surface area (Å²) < 4.78 is 33.6. The predicted octanol–water partition coefficient (Wildman–Crippen LogP) is 3.25. The summed E-state index contributed by atoms with van der Waals surface area (Å²) in [5, 5.41) is 0. The molecule has 43 heavy (non-hydrogen) atoms. The number of furan rings is 1. The lowest BCUT2D eigenvalue weighted by Crippen LogP contribution is -2.40. The van der Waals surface area contributed by atoms with Crippen molar-refractivity contribution in [2.75, 3.05) is 34.5 Å². The molecule has 1 unspecified atom stereocenters. The first-order valence-corrected chi connectivity index (χ1v) is 13.9. The van der Waals surface area contributed by atoms with E-state index in [4.69, 9.17) is 28.1 Å². The SMILES string of the molecule is COCCOC(=O)C1=C(C)N=c2sc(=Cc3ccc(OC)cc3OC)c(=O)n2C1c1ccc(OC(=O)c2ccco2)cc1. The van der Waals surface area contributed by atoms with E-state index in [9.17, 15) is 14.4 Å². The Balaban J connectivity index is 1.59. The Kier molecular flexibility index (Phi) is 8.88. The van der Waals surface area contributed by atoms with Crippen molar-refractivity contribution in [3.63, 3.8) is 0 Å². The van der Waals surface area contributed by atoms with Crippen molar-refractivity contribution >= 4 is 29.4 Å². The van der Waals surface area contributed by atoms with Gasteiger partial charge in [-0.1, -0.05) is 23.5 Å². The third-order valence-corrected chi connectivity index (χ3v) is 7.60. The maximum Gasteiger partial charge on any atom is 0.379 e. The van der Waals surface area contributed by atoms with Crippen molar-refractivity contribution in [3.05, 3.63) is 109 Å². The second kappa shape index (κ2) is 12.9. The van der Waals surface area contributed by atoms with Crippen LogP contribution in [-0.2, 0) is 14.3 Å². The molecule has 0 amide bonds. The molecule has 1 atom stereocenters. The summed E-state index contributed by atoms with van der Waals surface area (Å²) in [5.41, 5.74) is 1.52. The molecule has 0 N–H and O–H groups in total. The van der Waals surface area contributed by atoms with E-state index in [0.29, 0.717) is 37.7 Å². The first-order chi connectivity index (χ1) is 20.8. The number of aromatic nitrogens is 1. The van der Waals surface area contributed by atoms with E-state index < -0.39 is 18.0 Å². The lowest BCUT2D eigenvalue weighted by atomic mass is 9.96. The number of hydrogen-bond donors (Lipinski definition) is 0. The molecular weight excluding hydrogens is 576 g/mol. The molecule has 11 nitrogen and oxygen atoms in total. The fourth-order valence-corrected chi connectivity index (χ4v) is 5.58. The summed E-state index contributed by atoms with van der Waals surface area (Å²) in [6, 6.07) is 14.0. The lowest BCUT2D eigenvalue weighted by Gasteiger charge is -2.25. The molecule has 2 aromatic heterocycles. The van der Waals surface area contributed by atoms with Gasteiger partial charge in [0, 0.05) is 18.7 Å². The number of benzene rings is 2. The van der Waals surface area contributed by atoms with Gasteiger partial charge in [-0.2, -0.15) is 0 Å². The molecule has 5 rings (SSSR count). The van der Waals surface area contributed by atoms with E-state index in [0.717, 1.165) is 0 Å². The molecule has 4 aromatic rings. The first-order valence-electron chi connectivity index (χ1n) is 13.1. The van der Waals surface area contributed by atoms with Crippen LogP contribution in [-0.4, -0.2) is 51.0 Å². The van der Waals surface area contributed by atoms with Crippen LogP contribution in [0.4, 0.5) is 0 Å². The van der Waals surface area contributed by atoms with Crippen LogP contribution in [0.3, 0.4) is 0 Å². The number of fused-ring (bicyclic) bond motifs is 1. The predicted molar refractivity (Wildman–Crippen MR) is 156 cm³/mol. The topological polar surface area (TPSA) is 128 Å². The number of methoxy groups -OCH3 is 3. The Morgan fingerprint density at radius 2 is 1.77 bits per heavy atom. The third-order valence-electron chi connectivity index (χ3n) is 6.62. The summed E-state index contributed by atoms with van der Waals surface area (Å²) in [6.45, 7) is 1.94. The number of nitrogens with zero attached hydrogens (tertiary/aromatic N) is 2. The van der Waals surface area contributed by atoms with Crippen LogP contribution in [0.1, 0.15) is 34.6 Å². The summed E-state index contributed by atoms with van der Waals surface area (Å²) in [4.78, 5) is 44.7. The van der Waals surface area contributed by atoms with E-state index in [1.165, 1.54) is 42.5 Å². The number of thiazole rings is 1. The van der Waals surface area contributed by atoms with Crippen molar-refractivity contribution in [2.45, 2.75) is 13.0 Å². The fourth-order valence-electron chi connectivity index (χ4n) is 4.54. The van der Waals surface area contributed by atoms with Gasteiger partial charge in [-0.25, -0.2) is 14.6 Å². The molecule has 1 aliphatic rings. The Morgan fingerprint density at radius 3 is 2.44 bits per heavy atom. The van der Waals surface area contributed by atoms with E-state index >= 15 is 0 Å². The monoisotopic (exact) mass is 604 g/mol. The zero-order chi connectivity index (χ0) is 30.5. The minimum absolute atomic E-state index is 0.0299. The van der Waals surface area contributed by atoms with Gasteiger partial charge >= 0.3 is 11.9 Å². The molecular formula is C31H28N2O9S. The van der Waals surface area contributed by atoms with Gasteiger partial charge in [0.2, 0.25) is 5.76 Å². The normalized spacial score (nSPS) is 14.6. The molecule has 1 aliphatic heterocycles. The molecule has 0 radical (unpaired) electrons. The molecule has 0 fully saturated rings. The second-order valence-electron chi connectivity index (χ2n) is 9.25. The van der Waals surface area contributed by atoms with Gasteiger partial charge < -0.3 is 28.1 Å². The summed E-state index contributed by atoms with van der Waals surface area (Å²) >= 11 is 1.19. The molecule has 0 saturated heterocycles. The number of allylic oxidation sites excluding steroid dienone is 1. The first kappa shape index (κ1) is 29.5. The fraction of sp³-hybridized carbons (Fsp3) is 0.226. The Morgan fingerprint density at radius 1 is 1.00 bits per heavy atom. The van der Waals surface area contributed by atoms with Crippen molar-refractivity contribution in [1.29, 1.82) is 0 Å². The molecule has 0 bridgehead atoms. The quantitative estimate of drug-likeness (QED) is 0.152. The van der Waals surface area contributed by atoms with Gasteiger partial charge in [0.25, 0.3) is 5.56 Å². The molecule has 2 aromatic carbocycles. The molecule has 12 heteroatoms. The highest BCUT2D eigenvalue weighted by Gasteiger charge is 2.33. The van der Waals surface area contributed by atoms with E-state index in [1.807, 2.05) is 0 Å². The van der Waals surface area contributed by atoms with Gasteiger partial charge in [-0.3, -0.25) is 9.36 Å². The highest BCUT2D eigenvalue weighted by molar-refractivity contribution is 7.07. The van der Waals surface area contributed by atoms with E-state index in [-0.39, 0.29) is 35.9 Å². The molecule has 0 saturated carbocycles. The van der Waals surface area contributed by atoms with E-state index in [1.54, 1.807) is 68.6 Å². The smallest absolute Gasteiger partial charge is 0.379 e. The highest BCUT2D eigenvalue weighted by atomic mass is 32.1.